The molecule has 0 radical (unpaired) electrons. The highest BCUT2D eigenvalue weighted by molar-refractivity contribution is 5.88. The Morgan fingerprint density at radius 2 is 1.92 bits per heavy atom. The van der Waals surface area contributed by atoms with Gasteiger partial charge in [0.25, 0.3) is 0 Å². The van der Waals surface area contributed by atoms with E-state index in [0.29, 0.717) is 51.3 Å². The number of carbonyl (C=O) groups excluding carboxylic acids is 2. The van der Waals surface area contributed by atoms with Crippen molar-refractivity contribution in [2.24, 2.45) is 0 Å². The molecule has 0 aromatic heterocycles. The highest BCUT2D eigenvalue weighted by Gasteiger charge is 2.36. The lowest BCUT2D eigenvalue weighted by molar-refractivity contribution is -0.146. The zero-order chi connectivity index (χ0) is 16.9. The van der Waals surface area contributed by atoms with Gasteiger partial charge < -0.3 is 14.5 Å². The third kappa shape index (κ3) is 3.75. The number of rotatable bonds is 4. The minimum Gasteiger partial charge on any atom is -0.378 e. The van der Waals surface area contributed by atoms with E-state index in [1.54, 1.807) is 28.0 Å². The van der Waals surface area contributed by atoms with Gasteiger partial charge in [-0.1, -0.05) is 18.2 Å². The Hall–Kier alpha value is -1.95. The first-order valence-corrected chi connectivity index (χ1v) is 8.56. The van der Waals surface area contributed by atoms with Gasteiger partial charge in [0.2, 0.25) is 11.8 Å². The summed E-state index contributed by atoms with van der Waals surface area (Å²) in [6.07, 6.45) is 2.14. The molecule has 2 fully saturated rings. The molecule has 2 aliphatic rings. The lowest BCUT2D eigenvalue weighted by Gasteiger charge is -2.32. The Morgan fingerprint density at radius 3 is 2.67 bits per heavy atom. The van der Waals surface area contributed by atoms with Gasteiger partial charge in [-0.05, 0) is 30.9 Å². The van der Waals surface area contributed by atoms with E-state index < -0.39 is 0 Å². The zero-order valence-corrected chi connectivity index (χ0v) is 13.7. The van der Waals surface area contributed by atoms with Gasteiger partial charge in [0.05, 0.1) is 13.2 Å². The van der Waals surface area contributed by atoms with Crippen LogP contribution in [-0.2, 0) is 20.7 Å². The number of halogens is 1. The summed E-state index contributed by atoms with van der Waals surface area (Å²) in [7, 11) is 0. The van der Waals surface area contributed by atoms with E-state index >= 15 is 0 Å². The summed E-state index contributed by atoms with van der Waals surface area (Å²) in [5.74, 6) is -0.329. The molecule has 0 N–H and O–H groups in total. The van der Waals surface area contributed by atoms with Crippen LogP contribution in [0.1, 0.15) is 24.8 Å². The van der Waals surface area contributed by atoms with Crippen LogP contribution in [0.4, 0.5) is 4.39 Å². The maximum absolute atomic E-state index is 13.7. The molecule has 0 aliphatic carbocycles. The maximum atomic E-state index is 13.7. The molecular formula is C18H23FN2O3. The van der Waals surface area contributed by atoms with Crippen LogP contribution < -0.4 is 0 Å². The largest absolute Gasteiger partial charge is 0.378 e. The molecule has 2 heterocycles. The van der Waals surface area contributed by atoms with Crippen LogP contribution in [0.15, 0.2) is 24.3 Å². The molecule has 0 spiro atoms. The number of benzene rings is 1. The molecule has 0 bridgehead atoms. The molecular weight excluding hydrogens is 311 g/mol. The molecule has 2 amide bonds. The molecule has 1 unspecified atom stereocenters. The Bertz CT molecular complexity index is 602. The Kier molecular flexibility index (Phi) is 5.45. The average Bonchev–Trinajstić information content (AvgIpc) is 3.10. The van der Waals surface area contributed by atoms with E-state index in [-0.39, 0.29) is 30.1 Å². The lowest BCUT2D eigenvalue weighted by atomic mass is 10.1. The standard InChI is InChI=1S/C18H23FN2O3/c19-15-5-2-1-4-14(15)7-8-17(22)21-9-3-6-16(21)18(23)20-10-12-24-13-11-20/h1-2,4-5,16H,3,6-13H2. The normalized spacial score (nSPS) is 21.1. The molecule has 1 aromatic carbocycles. The van der Waals surface area contributed by atoms with Gasteiger partial charge in [-0.3, -0.25) is 9.59 Å². The van der Waals surface area contributed by atoms with E-state index in [9.17, 15) is 14.0 Å². The van der Waals surface area contributed by atoms with Crippen LogP contribution in [0.3, 0.4) is 0 Å². The van der Waals surface area contributed by atoms with Gasteiger partial charge in [0.15, 0.2) is 0 Å². The fourth-order valence-corrected chi connectivity index (χ4v) is 3.40. The Labute approximate surface area is 141 Å². The summed E-state index contributed by atoms with van der Waals surface area (Å²) in [6, 6.07) is 6.14. The lowest BCUT2D eigenvalue weighted by Crippen LogP contribution is -2.51. The summed E-state index contributed by atoms with van der Waals surface area (Å²) < 4.78 is 18.9. The van der Waals surface area contributed by atoms with Crippen LogP contribution in [0.25, 0.3) is 0 Å². The van der Waals surface area contributed by atoms with Gasteiger partial charge in [0, 0.05) is 26.1 Å². The molecule has 24 heavy (non-hydrogen) atoms. The van der Waals surface area contributed by atoms with Gasteiger partial charge in [-0.15, -0.1) is 0 Å². The monoisotopic (exact) mass is 334 g/mol. The first-order valence-electron chi connectivity index (χ1n) is 8.56. The number of hydrogen-bond donors (Lipinski definition) is 0. The zero-order valence-electron chi connectivity index (χ0n) is 13.7. The van der Waals surface area contributed by atoms with Gasteiger partial charge >= 0.3 is 0 Å². The van der Waals surface area contributed by atoms with E-state index in [0.717, 1.165) is 6.42 Å². The highest BCUT2D eigenvalue weighted by atomic mass is 19.1. The second-order valence-electron chi connectivity index (χ2n) is 6.27. The number of ether oxygens (including phenoxy) is 1. The maximum Gasteiger partial charge on any atom is 0.245 e. The van der Waals surface area contributed by atoms with Crippen molar-refractivity contribution in [2.45, 2.75) is 31.7 Å². The number of amides is 2. The predicted octanol–water partition coefficient (Wildman–Crippen LogP) is 1.61. The van der Waals surface area contributed by atoms with Gasteiger partial charge in [0.1, 0.15) is 11.9 Å². The summed E-state index contributed by atoms with van der Waals surface area (Å²) in [6.45, 7) is 2.90. The smallest absolute Gasteiger partial charge is 0.245 e. The predicted molar refractivity (Wildman–Crippen MR) is 86.9 cm³/mol. The van der Waals surface area contributed by atoms with E-state index in [2.05, 4.69) is 0 Å². The fourth-order valence-electron chi connectivity index (χ4n) is 3.40. The minimum atomic E-state index is -0.365. The third-order valence-corrected chi connectivity index (χ3v) is 4.75. The topological polar surface area (TPSA) is 49.9 Å². The molecule has 1 aromatic rings. The molecule has 3 rings (SSSR count). The van der Waals surface area contributed by atoms with Gasteiger partial charge in [-0.2, -0.15) is 0 Å². The van der Waals surface area contributed by atoms with Crippen molar-refractivity contribution in [3.63, 3.8) is 0 Å². The van der Waals surface area contributed by atoms with Crippen molar-refractivity contribution in [2.75, 3.05) is 32.8 Å². The SMILES string of the molecule is O=C(C1CCCN1C(=O)CCc1ccccc1F)N1CCOCC1. The molecule has 0 saturated carbocycles. The Morgan fingerprint density at radius 1 is 1.17 bits per heavy atom. The third-order valence-electron chi connectivity index (χ3n) is 4.75. The number of likely N-dealkylation sites (tertiary alicyclic amines) is 1. The van der Waals surface area contributed by atoms with Crippen LogP contribution in [0.5, 0.6) is 0 Å². The van der Waals surface area contributed by atoms with E-state index in [1.807, 2.05) is 0 Å². The number of morpholine rings is 1. The van der Waals surface area contributed by atoms with Crippen molar-refractivity contribution in [3.05, 3.63) is 35.6 Å². The molecule has 2 aliphatic heterocycles. The summed E-state index contributed by atoms with van der Waals surface area (Å²) in [4.78, 5) is 28.7. The first-order chi connectivity index (χ1) is 11.7. The van der Waals surface area contributed by atoms with Gasteiger partial charge in [-0.25, -0.2) is 4.39 Å². The second kappa shape index (κ2) is 7.75. The summed E-state index contributed by atoms with van der Waals surface area (Å²) >= 11 is 0. The highest BCUT2D eigenvalue weighted by Crippen LogP contribution is 2.22. The van der Waals surface area contributed by atoms with Crippen LogP contribution in [0, 0.1) is 5.82 Å². The summed E-state index contributed by atoms with van der Waals surface area (Å²) in [5.41, 5.74) is 0.543. The second-order valence-corrected chi connectivity index (χ2v) is 6.27. The molecule has 1 atom stereocenters. The number of carbonyl (C=O) groups is 2. The average molecular weight is 334 g/mol. The van der Waals surface area contributed by atoms with Crippen LogP contribution in [-0.4, -0.2) is 60.5 Å². The van der Waals surface area contributed by atoms with Crippen molar-refractivity contribution < 1.29 is 18.7 Å². The number of aryl methyl sites for hydroxylation is 1. The van der Waals surface area contributed by atoms with Crippen LogP contribution >= 0.6 is 0 Å². The number of hydrogen-bond acceptors (Lipinski definition) is 3. The molecule has 2 saturated heterocycles. The molecule has 130 valence electrons. The van der Waals surface area contributed by atoms with E-state index in [4.69, 9.17) is 4.74 Å². The fraction of sp³-hybridized carbons (Fsp3) is 0.556. The van der Waals surface area contributed by atoms with Crippen molar-refractivity contribution >= 4 is 11.8 Å². The van der Waals surface area contributed by atoms with Crippen molar-refractivity contribution in [1.82, 2.24) is 9.80 Å². The molecule has 6 heteroatoms. The molecule has 5 nitrogen and oxygen atoms in total. The Balaban J connectivity index is 1.59. The van der Waals surface area contributed by atoms with E-state index in [1.165, 1.54) is 6.07 Å². The van der Waals surface area contributed by atoms with Crippen molar-refractivity contribution in [1.29, 1.82) is 0 Å². The quantitative estimate of drug-likeness (QED) is 0.840. The summed E-state index contributed by atoms with van der Waals surface area (Å²) in [5, 5.41) is 0. The first kappa shape index (κ1) is 16.9. The number of nitrogens with zero attached hydrogens (tertiary/aromatic N) is 2. The minimum absolute atomic E-state index is 0.0232. The van der Waals surface area contributed by atoms with Crippen LogP contribution in [0.2, 0.25) is 0 Å². The van der Waals surface area contributed by atoms with Crippen molar-refractivity contribution in [3.8, 4) is 0 Å².